The SMILES string of the molecule is CCc1nnc(-c2cccc(NC(=O)C3=C(C)N(C)c4ncnn4C3C)c2)o1. The number of anilines is 2. The molecule has 1 N–H and O–H groups in total. The number of nitrogens with zero attached hydrogens (tertiary/aromatic N) is 6. The highest BCUT2D eigenvalue weighted by molar-refractivity contribution is 6.05. The molecule has 0 saturated heterocycles. The van der Waals surface area contributed by atoms with Gasteiger partial charge in [-0.3, -0.25) is 4.79 Å². The first-order valence-corrected chi connectivity index (χ1v) is 9.07. The highest BCUT2D eigenvalue weighted by Gasteiger charge is 2.31. The van der Waals surface area contributed by atoms with Crippen LogP contribution in [-0.2, 0) is 11.2 Å². The molecule has 1 aliphatic heterocycles. The van der Waals surface area contributed by atoms with Gasteiger partial charge in [-0.2, -0.15) is 10.1 Å². The first kappa shape index (κ1) is 17.9. The number of allylic oxidation sites excluding steroid dienone is 1. The first-order valence-electron chi connectivity index (χ1n) is 9.07. The van der Waals surface area contributed by atoms with E-state index in [1.807, 2.05) is 57.0 Å². The van der Waals surface area contributed by atoms with E-state index < -0.39 is 0 Å². The zero-order valence-corrected chi connectivity index (χ0v) is 16.2. The minimum atomic E-state index is -0.222. The molecule has 2 aromatic heterocycles. The number of aromatic nitrogens is 5. The highest BCUT2D eigenvalue weighted by Crippen LogP contribution is 2.33. The molecule has 0 bridgehead atoms. The van der Waals surface area contributed by atoms with Crippen molar-refractivity contribution in [3.05, 3.63) is 47.8 Å². The molecule has 3 heterocycles. The van der Waals surface area contributed by atoms with Crippen LogP contribution < -0.4 is 10.2 Å². The van der Waals surface area contributed by atoms with Crippen LogP contribution in [-0.4, -0.2) is 37.9 Å². The Morgan fingerprint density at radius 1 is 1.32 bits per heavy atom. The van der Waals surface area contributed by atoms with Gasteiger partial charge in [0.15, 0.2) is 0 Å². The van der Waals surface area contributed by atoms with Gasteiger partial charge in [-0.25, -0.2) is 4.68 Å². The van der Waals surface area contributed by atoms with Crippen molar-refractivity contribution >= 4 is 17.5 Å². The van der Waals surface area contributed by atoms with Crippen LogP contribution in [0.3, 0.4) is 0 Å². The Morgan fingerprint density at radius 3 is 2.89 bits per heavy atom. The molecule has 9 nitrogen and oxygen atoms in total. The van der Waals surface area contributed by atoms with Gasteiger partial charge in [0.05, 0.1) is 11.6 Å². The van der Waals surface area contributed by atoms with Crippen LogP contribution in [0.2, 0.25) is 0 Å². The predicted molar refractivity (Wildman–Crippen MR) is 104 cm³/mol. The molecule has 1 aliphatic rings. The predicted octanol–water partition coefficient (Wildman–Crippen LogP) is 2.81. The van der Waals surface area contributed by atoms with Crippen LogP contribution in [0.25, 0.3) is 11.5 Å². The fraction of sp³-hybridized carbons (Fsp3) is 0.316. The number of amides is 1. The van der Waals surface area contributed by atoms with Gasteiger partial charge in [0.25, 0.3) is 5.91 Å². The van der Waals surface area contributed by atoms with Crippen molar-refractivity contribution in [3.8, 4) is 11.5 Å². The molecule has 1 amide bonds. The second kappa shape index (κ2) is 6.91. The van der Waals surface area contributed by atoms with Crippen molar-refractivity contribution in [2.45, 2.75) is 33.2 Å². The molecular formula is C19H21N7O2. The quantitative estimate of drug-likeness (QED) is 0.743. The third kappa shape index (κ3) is 2.94. The van der Waals surface area contributed by atoms with Gasteiger partial charge < -0.3 is 14.6 Å². The summed E-state index contributed by atoms with van der Waals surface area (Å²) in [4.78, 5) is 19.2. The maximum Gasteiger partial charge on any atom is 0.255 e. The maximum absolute atomic E-state index is 13.1. The Hall–Kier alpha value is -3.49. The Balaban J connectivity index is 1.60. The van der Waals surface area contributed by atoms with E-state index >= 15 is 0 Å². The highest BCUT2D eigenvalue weighted by atomic mass is 16.4. The Bertz CT molecular complexity index is 1070. The molecule has 9 heteroatoms. The summed E-state index contributed by atoms with van der Waals surface area (Å²) in [5.41, 5.74) is 2.88. The van der Waals surface area contributed by atoms with Gasteiger partial charge in [-0.15, -0.1) is 10.2 Å². The van der Waals surface area contributed by atoms with Crippen LogP contribution in [0, 0.1) is 0 Å². The summed E-state index contributed by atoms with van der Waals surface area (Å²) in [6.07, 6.45) is 2.17. The van der Waals surface area contributed by atoms with Gasteiger partial charge >= 0.3 is 0 Å². The van der Waals surface area contributed by atoms with E-state index in [1.54, 1.807) is 4.68 Å². The fourth-order valence-electron chi connectivity index (χ4n) is 3.31. The second-order valence-electron chi connectivity index (χ2n) is 6.63. The zero-order chi connectivity index (χ0) is 19.8. The van der Waals surface area contributed by atoms with E-state index in [0.717, 1.165) is 11.3 Å². The van der Waals surface area contributed by atoms with Crippen molar-refractivity contribution in [3.63, 3.8) is 0 Å². The van der Waals surface area contributed by atoms with Gasteiger partial charge in [0.2, 0.25) is 17.7 Å². The van der Waals surface area contributed by atoms with E-state index in [0.29, 0.717) is 35.4 Å². The third-order valence-corrected chi connectivity index (χ3v) is 4.91. The molecule has 0 radical (unpaired) electrons. The number of fused-ring (bicyclic) bond motifs is 1. The lowest BCUT2D eigenvalue weighted by Gasteiger charge is -2.31. The number of carbonyl (C=O) groups is 1. The normalized spacial score (nSPS) is 16.3. The van der Waals surface area contributed by atoms with Gasteiger partial charge in [0, 0.05) is 30.4 Å². The Morgan fingerprint density at radius 2 is 2.14 bits per heavy atom. The van der Waals surface area contributed by atoms with Gasteiger partial charge in [-0.05, 0) is 32.0 Å². The van der Waals surface area contributed by atoms with E-state index in [4.69, 9.17) is 4.42 Å². The van der Waals surface area contributed by atoms with Gasteiger partial charge in [-0.1, -0.05) is 13.0 Å². The van der Waals surface area contributed by atoms with Crippen molar-refractivity contribution in [1.82, 2.24) is 25.0 Å². The lowest BCUT2D eigenvalue weighted by Crippen LogP contribution is -2.34. The summed E-state index contributed by atoms with van der Waals surface area (Å²) in [6.45, 7) is 5.79. The van der Waals surface area contributed by atoms with E-state index in [2.05, 4.69) is 25.6 Å². The molecule has 3 aromatic rings. The zero-order valence-electron chi connectivity index (χ0n) is 16.2. The Labute approximate surface area is 162 Å². The van der Waals surface area contributed by atoms with Crippen molar-refractivity contribution in [1.29, 1.82) is 0 Å². The van der Waals surface area contributed by atoms with E-state index in [9.17, 15) is 4.79 Å². The minimum absolute atomic E-state index is 0.185. The van der Waals surface area contributed by atoms with Crippen molar-refractivity contribution in [2.75, 3.05) is 17.3 Å². The summed E-state index contributed by atoms with van der Waals surface area (Å²) in [5, 5.41) is 15.3. The summed E-state index contributed by atoms with van der Waals surface area (Å²) in [6, 6.07) is 7.13. The molecule has 1 unspecified atom stereocenters. The molecule has 0 aliphatic carbocycles. The number of rotatable bonds is 4. The Kier molecular flexibility index (Phi) is 4.42. The minimum Gasteiger partial charge on any atom is -0.421 e. The van der Waals surface area contributed by atoms with Crippen molar-refractivity contribution in [2.24, 2.45) is 0 Å². The number of hydrogen-bond donors (Lipinski definition) is 1. The van der Waals surface area contributed by atoms with Crippen LogP contribution in [0.5, 0.6) is 0 Å². The van der Waals surface area contributed by atoms with Crippen LogP contribution in [0.4, 0.5) is 11.6 Å². The summed E-state index contributed by atoms with van der Waals surface area (Å²) >= 11 is 0. The number of benzene rings is 1. The summed E-state index contributed by atoms with van der Waals surface area (Å²) in [7, 11) is 1.87. The molecule has 144 valence electrons. The monoisotopic (exact) mass is 379 g/mol. The summed E-state index contributed by atoms with van der Waals surface area (Å²) < 4.78 is 7.34. The first-order chi connectivity index (χ1) is 13.5. The molecule has 1 aromatic carbocycles. The molecule has 0 spiro atoms. The third-order valence-electron chi connectivity index (χ3n) is 4.91. The average Bonchev–Trinajstić information content (AvgIpc) is 3.36. The smallest absolute Gasteiger partial charge is 0.255 e. The molecular weight excluding hydrogens is 358 g/mol. The standard InChI is InChI=1S/C19H21N7O2/c1-5-15-23-24-18(28-15)13-7-6-8-14(9-13)22-17(27)16-11(2)25(4)19-20-10-21-26(19)12(16)3/h6-10,12H,5H2,1-4H3,(H,22,27). The molecule has 1 atom stereocenters. The maximum atomic E-state index is 13.1. The molecule has 0 fully saturated rings. The van der Waals surface area contributed by atoms with Crippen LogP contribution in [0.1, 0.15) is 32.7 Å². The van der Waals surface area contributed by atoms with Crippen molar-refractivity contribution < 1.29 is 9.21 Å². The lowest BCUT2D eigenvalue weighted by atomic mass is 10.0. The van der Waals surface area contributed by atoms with Crippen LogP contribution in [0.15, 0.2) is 46.3 Å². The van der Waals surface area contributed by atoms with E-state index in [-0.39, 0.29) is 11.9 Å². The summed E-state index contributed by atoms with van der Waals surface area (Å²) in [5.74, 6) is 1.54. The molecule has 0 saturated carbocycles. The molecule has 28 heavy (non-hydrogen) atoms. The van der Waals surface area contributed by atoms with Crippen LogP contribution >= 0.6 is 0 Å². The van der Waals surface area contributed by atoms with E-state index in [1.165, 1.54) is 6.33 Å². The molecule has 4 rings (SSSR count). The largest absolute Gasteiger partial charge is 0.421 e. The number of aryl methyl sites for hydroxylation is 1. The van der Waals surface area contributed by atoms with Gasteiger partial charge in [0.1, 0.15) is 6.33 Å². The lowest BCUT2D eigenvalue weighted by molar-refractivity contribution is -0.113. The second-order valence-corrected chi connectivity index (χ2v) is 6.63. The average molecular weight is 379 g/mol. The topological polar surface area (TPSA) is 102 Å². The number of nitrogens with one attached hydrogen (secondary N) is 1. The number of hydrogen-bond acceptors (Lipinski definition) is 7. The fourth-order valence-corrected chi connectivity index (χ4v) is 3.31. The number of carbonyl (C=O) groups excluding carboxylic acids is 1.